The molecule has 3 nitrogen and oxygen atoms in total. The highest BCUT2D eigenvalue weighted by Crippen LogP contribution is 2.24. The van der Waals surface area contributed by atoms with E-state index >= 15 is 0 Å². The molecule has 4 atom stereocenters. The second kappa shape index (κ2) is 4.97. The monoisotopic (exact) mass is 212 g/mol. The quantitative estimate of drug-likeness (QED) is 0.772. The van der Waals surface area contributed by atoms with Gasteiger partial charge in [-0.25, -0.2) is 0 Å². The molecule has 1 amide bonds. The molecule has 1 fully saturated rings. The fraction of sp³-hybridized carbons (Fsp3) is 0.917. The zero-order valence-corrected chi connectivity index (χ0v) is 10.4. The lowest BCUT2D eigenvalue weighted by molar-refractivity contribution is -0.134. The van der Waals surface area contributed by atoms with Crippen molar-refractivity contribution in [3.63, 3.8) is 0 Å². The van der Waals surface area contributed by atoms with Crippen LogP contribution < -0.4 is 5.73 Å². The van der Waals surface area contributed by atoms with Crippen LogP contribution in [0, 0.1) is 11.8 Å². The Labute approximate surface area is 93.0 Å². The summed E-state index contributed by atoms with van der Waals surface area (Å²) in [5.74, 6) is 1.03. The maximum atomic E-state index is 12.1. The van der Waals surface area contributed by atoms with Crippen molar-refractivity contribution in [2.24, 2.45) is 17.6 Å². The SMILES string of the molecule is CCC(C)C(N)C(=O)N1CCC(C)C1C. The van der Waals surface area contributed by atoms with Gasteiger partial charge in [-0.15, -0.1) is 0 Å². The van der Waals surface area contributed by atoms with E-state index in [-0.39, 0.29) is 17.9 Å². The summed E-state index contributed by atoms with van der Waals surface area (Å²) in [5, 5.41) is 0. The molecule has 0 aliphatic carbocycles. The third kappa shape index (κ3) is 2.51. The third-order valence-corrected chi connectivity index (χ3v) is 3.97. The molecule has 0 spiro atoms. The molecule has 3 heteroatoms. The van der Waals surface area contributed by atoms with Gasteiger partial charge < -0.3 is 10.6 Å². The number of rotatable bonds is 3. The number of carbonyl (C=O) groups is 1. The maximum Gasteiger partial charge on any atom is 0.240 e. The standard InChI is InChI=1S/C12H24N2O/c1-5-8(2)11(13)12(15)14-7-6-9(3)10(14)4/h8-11H,5-7,13H2,1-4H3. The third-order valence-electron chi connectivity index (χ3n) is 3.97. The molecule has 1 saturated heterocycles. The summed E-state index contributed by atoms with van der Waals surface area (Å²) in [6.45, 7) is 9.33. The van der Waals surface area contributed by atoms with Gasteiger partial charge in [-0.2, -0.15) is 0 Å². The minimum atomic E-state index is -0.317. The second-order valence-electron chi connectivity index (χ2n) is 4.95. The minimum absolute atomic E-state index is 0.140. The topological polar surface area (TPSA) is 46.3 Å². The predicted octanol–water partition coefficient (Wildman–Crippen LogP) is 1.62. The Morgan fingerprint density at radius 3 is 2.53 bits per heavy atom. The van der Waals surface area contributed by atoms with Crippen LogP contribution in [0.2, 0.25) is 0 Å². The molecular formula is C12H24N2O. The Balaban J connectivity index is 2.61. The van der Waals surface area contributed by atoms with E-state index < -0.39 is 0 Å². The van der Waals surface area contributed by atoms with Crippen molar-refractivity contribution in [3.8, 4) is 0 Å². The summed E-state index contributed by atoms with van der Waals surface area (Å²) in [7, 11) is 0. The molecule has 15 heavy (non-hydrogen) atoms. The lowest BCUT2D eigenvalue weighted by Gasteiger charge is -2.28. The van der Waals surface area contributed by atoms with Crippen LogP contribution >= 0.6 is 0 Å². The largest absolute Gasteiger partial charge is 0.338 e. The molecule has 1 aliphatic heterocycles. The molecule has 0 aromatic carbocycles. The van der Waals surface area contributed by atoms with Crippen molar-refractivity contribution >= 4 is 5.91 Å². The van der Waals surface area contributed by atoms with E-state index in [1.54, 1.807) is 0 Å². The summed E-state index contributed by atoms with van der Waals surface area (Å²) in [6.07, 6.45) is 2.07. The molecule has 0 radical (unpaired) electrons. The van der Waals surface area contributed by atoms with E-state index in [0.29, 0.717) is 12.0 Å². The molecule has 4 unspecified atom stereocenters. The smallest absolute Gasteiger partial charge is 0.240 e. The number of likely N-dealkylation sites (tertiary alicyclic amines) is 1. The van der Waals surface area contributed by atoms with Gasteiger partial charge in [0.25, 0.3) is 0 Å². The fourth-order valence-corrected chi connectivity index (χ4v) is 2.09. The normalized spacial score (nSPS) is 30.3. The highest BCUT2D eigenvalue weighted by Gasteiger charge is 2.34. The molecule has 1 rings (SSSR count). The average molecular weight is 212 g/mol. The van der Waals surface area contributed by atoms with Gasteiger partial charge in [0, 0.05) is 12.6 Å². The molecule has 0 aromatic heterocycles. The van der Waals surface area contributed by atoms with Gasteiger partial charge in [-0.3, -0.25) is 4.79 Å². The Morgan fingerprint density at radius 1 is 1.53 bits per heavy atom. The molecule has 1 heterocycles. The number of carbonyl (C=O) groups excluding carboxylic acids is 1. The predicted molar refractivity (Wildman–Crippen MR) is 62.4 cm³/mol. The summed E-state index contributed by atoms with van der Waals surface area (Å²) in [4.78, 5) is 14.1. The van der Waals surface area contributed by atoms with E-state index in [4.69, 9.17) is 5.73 Å². The van der Waals surface area contributed by atoms with Crippen LogP contribution in [-0.4, -0.2) is 29.4 Å². The van der Waals surface area contributed by atoms with Crippen LogP contribution in [0.1, 0.15) is 40.5 Å². The van der Waals surface area contributed by atoms with Crippen LogP contribution in [-0.2, 0) is 4.79 Å². The number of hydrogen-bond donors (Lipinski definition) is 1. The Bertz CT molecular complexity index is 230. The van der Waals surface area contributed by atoms with E-state index in [1.165, 1.54) is 0 Å². The van der Waals surface area contributed by atoms with Gasteiger partial charge in [0.2, 0.25) is 5.91 Å². The van der Waals surface area contributed by atoms with Gasteiger partial charge in [0.1, 0.15) is 0 Å². The van der Waals surface area contributed by atoms with Crippen molar-refractivity contribution in [1.82, 2.24) is 4.90 Å². The van der Waals surface area contributed by atoms with Gasteiger partial charge in [0.15, 0.2) is 0 Å². The van der Waals surface area contributed by atoms with Gasteiger partial charge >= 0.3 is 0 Å². The molecular weight excluding hydrogens is 188 g/mol. The zero-order chi connectivity index (χ0) is 11.6. The summed E-state index contributed by atoms with van der Waals surface area (Å²) < 4.78 is 0. The summed E-state index contributed by atoms with van der Waals surface area (Å²) >= 11 is 0. The second-order valence-corrected chi connectivity index (χ2v) is 4.95. The number of hydrogen-bond acceptors (Lipinski definition) is 2. The first-order valence-corrected chi connectivity index (χ1v) is 6.05. The Morgan fingerprint density at radius 2 is 2.13 bits per heavy atom. The molecule has 2 N–H and O–H groups in total. The van der Waals surface area contributed by atoms with Crippen LogP contribution in [0.15, 0.2) is 0 Å². The first kappa shape index (κ1) is 12.5. The number of nitrogens with zero attached hydrogens (tertiary/aromatic N) is 1. The van der Waals surface area contributed by atoms with Gasteiger partial charge in [0.05, 0.1) is 6.04 Å². The van der Waals surface area contributed by atoms with E-state index in [2.05, 4.69) is 20.8 Å². The van der Waals surface area contributed by atoms with E-state index in [9.17, 15) is 4.79 Å². The summed E-state index contributed by atoms with van der Waals surface area (Å²) in [5.41, 5.74) is 5.97. The molecule has 1 aliphatic rings. The van der Waals surface area contributed by atoms with Crippen molar-refractivity contribution in [2.45, 2.75) is 52.6 Å². The number of nitrogens with two attached hydrogens (primary N) is 1. The first-order chi connectivity index (χ1) is 6.99. The van der Waals surface area contributed by atoms with E-state index in [1.807, 2.05) is 11.8 Å². The van der Waals surface area contributed by atoms with E-state index in [0.717, 1.165) is 19.4 Å². The lowest BCUT2D eigenvalue weighted by atomic mass is 9.98. The van der Waals surface area contributed by atoms with Crippen molar-refractivity contribution in [2.75, 3.05) is 6.54 Å². The minimum Gasteiger partial charge on any atom is -0.338 e. The zero-order valence-electron chi connectivity index (χ0n) is 10.4. The van der Waals surface area contributed by atoms with Gasteiger partial charge in [-0.1, -0.05) is 27.2 Å². The highest BCUT2D eigenvalue weighted by atomic mass is 16.2. The molecule has 0 aromatic rings. The van der Waals surface area contributed by atoms with Crippen molar-refractivity contribution in [1.29, 1.82) is 0 Å². The fourth-order valence-electron chi connectivity index (χ4n) is 2.09. The Hall–Kier alpha value is -0.570. The lowest BCUT2D eigenvalue weighted by Crippen LogP contribution is -2.48. The van der Waals surface area contributed by atoms with Crippen LogP contribution in [0.4, 0.5) is 0 Å². The average Bonchev–Trinajstić information content (AvgIpc) is 2.56. The van der Waals surface area contributed by atoms with Crippen LogP contribution in [0.25, 0.3) is 0 Å². The Kier molecular flexibility index (Phi) is 4.14. The van der Waals surface area contributed by atoms with Crippen LogP contribution in [0.5, 0.6) is 0 Å². The van der Waals surface area contributed by atoms with Gasteiger partial charge in [-0.05, 0) is 25.2 Å². The highest BCUT2D eigenvalue weighted by molar-refractivity contribution is 5.82. The van der Waals surface area contributed by atoms with Crippen molar-refractivity contribution < 1.29 is 4.79 Å². The number of amides is 1. The summed E-state index contributed by atoms with van der Waals surface area (Å²) in [6, 6.07) is 0.0374. The molecule has 0 saturated carbocycles. The van der Waals surface area contributed by atoms with Crippen LogP contribution in [0.3, 0.4) is 0 Å². The molecule has 88 valence electrons. The first-order valence-electron chi connectivity index (χ1n) is 6.05. The van der Waals surface area contributed by atoms with Crippen molar-refractivity contribution in [3.05, 3.63) is 0 Å². The molecule has 0 bridgehead atoms. The maximum absolute atomic E-state index is 12.1.